The summed E-state index contributed by atoms with van der Waals surface area (Å²) in [6.07, 6.45) is -0.801. The first-order valence-corrected chi connectivity index (χ1v) is 11.5. The Labute approximate surface area is 207 Å². The number of alkyl halides is 3. The van der Waals surface area contributed by atoms with Crippen LogP contribution in [0.1, 0.15) is 56.3 Å². The highest BCUT2D eigenvalue weighted by Gasteiger charge is 2.34. The highest BCUT2D eigenvalue weighted by atomic mass is 35.5. The van der Waals surface area contributed by atoms with Crippen LogP contribution in [0.3, 0.4) is 0 Å². The minimum Gasteiger partial charge on any atom is -0.381 e. The fourth-order valence-corrected chi connectivity index (χ4v) is 3.83. The van der Waals surface area contributed by atoms with Crippen LogP contribution >= 0.6 is 22.9 Å². The number of nitrogens with zero attached hydrogens (tertiary/aromatic N) is 4. The van der Waals surface area contributed by atoms with Crippen LogP contribution < -0.4 is 10.6 Å². The molecule has 0 aliphatic rings. The molecule has 3 rings (SSSR count). The molecular weight excluding hydrogens is 509 g/mol. The standard InChI is InChI=1S/C21H20ClF3N6O3S/c1-3-34-5-4-12-6-15(29-10-28-12)18(32)30-11(2)20-27-9-16(35-20)19(33)31-17-7-13(21(23,24)25)14(22)8-26-17/h6-11H,3-5H2,1-2H3,(H,30,32)(H,26,31,33)/t11-/m1/s1. The molecule has 2 N–H and O–H groups in total. The average Bonchev–Trinajstić information content (AvgIpc) is 3.31. The Morgan fingerprint density at radius 2 is 1.91 bits per heavy atom. The Bertz CT molecular complexity index is 1210. The number of hydrogen-bond acceptors (Lipinski definition) is 8. The number of nitrogens with one attached hydrogen (secondary N) is 2. The molecule has 0 spiro atoms. The van der Waals surface area contributed by atoms with Gasteiger partial charge in [-0.3, -0.25) is 9.59 Å². The van der Waals surface area contributed by atoms with Crippen LogP contribution in [0.2, 0.25) is 5.02 Å². The summed E-state index contributed by atoms with van der Waals surface area (Å²) in [6.45, 7) is 4.60. The zero-order chi connectivity index (χ0) is 25.6. The molecule has 14 heteroatoms. The van der Waals surface area contributed by atoms with E-state index < -0.39 is 34.6 Å². The maximum absolute atomic E-state index is 13.0. The summed E-state index contributed by atoms with van der Waals surface area (Å²) in [5.74, 6) is -1.47. The lowest BCUT2D eigenvalue weighted by Gasteiger charge is -2.11. The SMILES string of the molecule is CCOCCc1cc(C(=O)N[C@H](C)c2ncc(C(=O)Nc3cc(C(F)(F)F)c(Cl)cn3)s2)ncn1. The van der Waals surface area contributed by atoms with Crippen LogP contribution in [0.5, 0.6) is 0 Å². The molecule has 0 unspecified atom stereocenters. The number of ether oxygens (including phenoxy) is 1. The van der Waals surface area contributed by atoms with Crippen molar-refractivity contribution in [3.8, 4) is 0 Å². The van der Waals surface area contributed by atoms with Gasteiger partial charge in [0, 0.05) is 24.9 Å². The monoisotopic (exact) mass is 528 g/mol. The van der Waals surface area contributed by atoms with E-state index in [2.05, 4.69) is 30.6 Å². The van der Waals surface area contributed by atoms with E-state index in [1.54, 1.807) is 13.0 Å². The largest absolute Gasteiger partial charge is 0.418 e. The first-order chi connectivity index (χ1) is 16.6. The van der Waals surface area contributed by atoms with Crippen LogP contribution in [-0.2, 0) is 17.3 Å². The first kappa shape index (κ1) is 26.4. The lowest BCUT2D eigenvalue weighted by molar-refractivity contribution is -0.137. The second-order valence-electron chi connectivity index (χ2n) is 7.10. The maximum atomic E-state index is 13.0. The fraction of sp³-hybridized carbons (Fsp3) is 0.333. The van der Waals surface area contributed by atoms with E-state index in [9.17, 15) is 22.8 Å². The Morgan fingerprint density at radius 3 is 2.63 bits per heavy atom. The van der Waals surface area contributed by atoms with Gasteiger partial charge in [-0.15, -0.1) is 11.3 Å². The summed E-state index contributed by atoms with van der Waals surface area (Å²) in [5.41, 5.74) is -0.289. The molecule has 0 radical (unpaired) electrons. The summed E-state index contributed by atoms with van der Waals surface area (Å²) >= 11 is 6.52. The van der Waals surface area contributed by atoms with Crippen LogP contribution in [0.15, 0.2) is 30.9 Å². The van der Waals surface area contributed by atoms with Crippen molar-refractivity contribution in [1.29, 1.82) is 0 Å². The molecule has 9 nitrogen and oxygen atoms in total. The average molecular weight is 529 g/mol. The number of hydrogen-bond donors (Lipinski definition) is 2. The summed E-state index contributed by atoms with van der Waals surface area (Å²) < 4.78 is 44.3. The van der Waals surface area contributed by atoms with Gasteiger partial charge < -0.3 is 15.4 Å². The number of rotatable bonds is 9. The molecule has 0 saturated carbocycles. The third-order valence-corrected chi connectivity index (χ3v) is 6.01. The highest BCUT2D eigenvalue weighted by molar-refractivity contribution is 7.13. The van der Waals surface area contributed by atoms with E-state index in [0.29, 0.717) is 36.4 Å². The summed E-state index contributed by atoms with van der Waals surface area (Å²) in [7, 11) is 0. The molecule has 0 bridgehead atoms. The minimum atomic E-state index is -4.70. The minimum absolute atomic E-state index is 0.117. The number of carbonyl (C=O) groups is 2. The van der Waals surface area contributed by atoms with Gasteiger partial charge in [-0.1, -0.05) is 11.6 Å². The van der Waals surface area contributed by atoms with Gasteiger partial charge in [0.1, 0.15) is 27.7 Å². The smallest absolute Gasteiger partial charge is 0.381 e. The second kappa shape index (κ2) is 11.5. The van der Waals surface area contributed by atoms with E-state index in [-0.39, 0.29) is 16.4 Å². The lowest BCUT2D eigenvalue weighted by atomic mass is 10.2. The van der Waals surface area contributed by atoms with Gasteiger partial charge in [0.05, 0.1) is 29.4 Å². The summed E-state index contributed by atoms with van der Waals surface area (Å²) in [4.78, 5) is 41.1. The van der Waals surface area contributed by atoms with E-state index in [1.807, 2.05) is 6.92 Å². The van der Waals surface area contributed by atoms with E-state index in [1.165, 1.54) is 12.5 Å². The molecule has 2 amide bonds. The van der Waals surface area contributed by atoms with Crippen LogP contribution in [-0.4, -0.2) is 45.0 Å². The van der Waals surface area contributed by atoms with Crippen LogP contribution in [0, 0.1) is 0 Å². The van der Waals surface area contributed by atoms with Gasteiger partial charge in [0.25, 0.3) is 11.8 Å². The molecule has 35 heavy (non-hydrogen) atoms. The Morgan fingerprint density at radius 1 is 1.14 bits per heavy atom. The number of carbonyl (C=O) groups excluding carboxylic acids is 2. The van der Waals surface area contributed by atoms with Crippen molar-refractivity contribution >= 4 is 40.6 Å². The third-order valence-electron chi connectivity index (χ3n) is 4.53. The Kier molecular flexibility index (Phi) is 8.70. The molecule has 3 aromatic heterocycles. The predicted molar refractivity (Wildman–Crippen MR) is 122 cm³/mol. The molecule has 0 saturated heterocycles. The van der Waals surface area contributed by atoms with Crippen molar-refractivity contribution in [2.24, 2.45) is 0 Å². The highest BCUT2D eigenvalue weighted by Crippen LogP contribution is 2.35. The summed E-state index contributed by atoms with van der Waals surface area (Å²) in [6, 6.07) is 1.65. The first-order valence-electron chi connectivity index (χ1n) is 10.3. The van der Waals surface area contributed by atoms with Gasteiger partial charge in [0.2, 0.25) is 0 Å². The topological polar surface area (TPSA) is 119 Å². The van der Waals surface area contributed by atoms with Gasteiger partial charge in [0.15, 0.2) is 0 Å². The normalized spacial score (nSPS) is 12.3. The van der Waals surface area contributed by atoms with E-state index in [4.69, 9.17) is 16.3 Å². The molecule has 1 atom stereocenters. The lowest BCUT2D eigenvalue weighted by Crippen LogP contribution is -2.27. The van der Waals surface area contributed by atoms with Gasteiger partial charge in [-0.25, -0.2) is 19.9 Å². The van der Waals surface area contributed by atoms with Gasteiger partial charge in [-0.05, 0) is 26.0 Å². The van der Waals surface area contributed by atoms with E-state index >= 15 is 0 Å². The zero-order valence-electron chi connectivity index (χ0n) is 18.5. The molecule has 0 aliphatic carbocycles. The maximum Gasteiger partial charge on any atom is 0.418 e. The van der Waals surface area contributed by atoms with Gasteiger partial charge >= 0.3 is 6.18 Å². The van der Waals surface area contributed by atoms with Crippen molar-refractivity contribution in [2.75, 3.05) is 18.5 Å². The Hall–Kier alpha value is -3.16. The molecule has 3 aromatic rings. The van der Waals surface area contributed by atoms with Crippen LogP contribution in [0.4, 0.5) is 19.0 Å². The van der Waals surface area contributed by atoms with Crippen molar-refractivity contribution in [1.82, 2.24) is 25.3 Å². The second-order valence-corrected chi connectivity index (χ2v) is 8.57. The number of pyridine rings is 1. The number of amides is 2. The molecule has 0 aliphatic heterocycles. The van der Waals surface area contributed by atoms with Crippen molar-refractivity contribution < 1.29 is 27.5 Å². The molecule has 186 valence electrons. The third kappa shape index (κ3) is 7.16. The van der Waals surface area contributed by atoms with Crippen molar-refractivity contribution in [3.63, 3.8) is 0 Å². The fourth-order valence-electron chi connectivity index (χ4n) is 2.81. The molecule has 0 fully saturated rings. The summed E-state index contributed by atoms with van der Waals surface area (Å²) in [5, 5.41) is 4.87. The van der Waals surface area contributed by atoms with Gasteiger partial charge in [-0.2, -0.15) is 13.2 Å². The molecule has 3 heterocycles. The number of thiazole rings is 1. The Balaban J connectivity index is 1.63. The quantitative estimate of drug-likeness (QED) is 0.397. The van der Waals surface area contributed by atoms with Crippen molar-refractivity contribution in [3.05, 3.63) is 62.7 Å². The predicted octanol–water partition coefficient (Wildman–Crippen LogP) is 4.32. The van der Waals surface area contributed by atoms with Crippen LogP contribution in [0.25, 0.3) is 0 Å². The number of aromatic nitrogens is 4. The van der Waals surface area contributed by atoms with E-state index in [0.717, 1.165) is 17.5 Å². The van der Waals surface area contributed by atoms with Crippen molar-refractivity contribution in [2.45, 2.75) is 32.5 Å². The molecular formula is C21H20ClF3N6O3S. The number of halogens is 4. The zero-order valence-corrected chi connectivity index (χ0v) is 20.1. The number of anilines is 1. The molecule has 0 aromatic carbocycles.